The van der Waals surface area contributed by atoms with E-state index in [1.807, 2.05) is 44.2 Å². The molecule has 5 heteroatoms. The van der Waals surface area contributed by atoms with Crippen LogP contribution in [0.2, 0.25) is 0 Å². The van der Waals surface area contributed by atoms with Gasteiger partial charge >= 0.3 is 0 Å². The van der Waals surface area contributed by atoms with E-state index in [0.29, 0.717) is 6.67 Å². The average Bonchev–Trinajstić information content (AvgIpc) is 2.89. The summed E-state index contributed by atoms with van der Waals surface area (Å²) in [6, 6.07) is 9.58. The summed E-state index contributed by atoms with van der Waals surface area (Å²) in [6.45, 7) is 4.15. The lowest BCUT2D eigenvalue weighted by molar-refractivity contribution is -0.121. The lowest BCUT2D eigenvalue weighted by Crippen LogP contribution is -2.36. The number of hydrogen-bond donors (Lipinski definition) is 0. The highest BCUT2D eigenvalue weighted by atomic mass is 16.2. The maximum absolute atomic E-state index is 12.2. The van der Waals surface area contributed by atoms with Crippen molar-refractivity contribution in [2.24, 2.45) is 5.92 Å². The molecule has 0 unspecified atom stereocenters. The minimum absolute atomic E-state index is 0.0614. The van der Waals surface area contributed by atoms with E-state index < -0.39 is 0 Å². The van der Waals surface area contributed by atoms with Gasteiger partial charge in [0.1, 0.15) is 19.3 Å². The third-order valence-corrected chi connectivity index (χ3v) is 2.58. The van der Waals surface area contributed by atoms with E-state index in [2.05, 4.69) is 10.1 Å². The molecule has 0 aliphatic heterocycles. The summed E-state index contributed by atoms with van der Waals surface area (Å²) < 4.78 is 1.63. The molecule has 1 aromatic carbocycles. The Labute approximate surface area is 106 Å². The molecule has 1 amide bonds. The fraction of sp³-hybridized carbons (Fsp3) is 0.308. The number of aromatic nitrogens is 3. The summed E-state index contributed by atoms with van der Waals surface area (Å²) in [4.78, 5) is 17.8. The van der Waals surface area contributed by atoms with Crippen molar-refractivity contribution >= 4 is 11.6 Å². The van der Waals surface area contributed by atoms with Crippen LogP contribution in [0.5, 0.6) is 0 Å². The Kier molecular flexibility index (Phi) is 3.72. The molecule has 1 heterocycles. The van der Waals surface area contributed by atoms with Crippen molar-refractivity contribution in [3.05, 3.63) is 43.0 Å². The molecule has 0 spiro atoms. The zero-order valence-electron chi connectivity index (χ0n) is 10.5. The van der Waals surface area contributed by atoms with Crippen molar-refractivity contribution in [2.75, 3.05) is 4.90 Å². The second kappa shape index (κ2) is 5.44. The van der Waals surface area contributed by atoms with E-state index >= 15 is 0 Å². The van der Waals surface area contributed by atoms with E-state index in [-0.39, 0.29) is 11.8 Å². The van der Waals surface area contributed by atoms with Gasteiger partial charge in [0.2, 0.25) is 5.91 Å². The number of benzene rings is 1. The molecule has 1 aromatic heterocycles. The largest absolute Gasteiger partial charge is 0.292 e. The first-order valence-electron chi connectivity index (χ1n) is 5.87. The molecule has 0 saturated heterocycles. The molecule has 0 aliphatic carbocycles. The average molecular weight is 244 g/mol. The second-order valence-electron chi connectivity index (χ2n) is 4.33. The number of para-hydroxylation sites is 1. The number of hydrogen-bond acceptors (Lipinski definition) is 3. The van der Waals surface area contributed by atoms with Gasteiger partial charge in [-0.15, -0.1) is 0 Å². The first-order valence-corrected chi connectivity index (χ1v) is 5.87. The maximum atomic E-state index is 12.2. The summed E-state index contributed by atoms with van der Waals surface area (Å²) in [7, 11) is 0. The van der Waals surface area contributed by atoms with Gasteiger partial charge in [-0.3, -0.25) is 9.69 Å². The van der Waals surface area contributed by atoms with Crippen molar-refractivity contribution < 1.29 is 4.79 Å². The highest BCUT2D eigenvalue weighted by Gasteiger charge is 2.19. The van der Waals surface area contributed by atoms with Crippen LogP contribution in [-0.2, 0) is 11.5 Å². The number of carbonyl (C=O) groups is 1. The number of amides is 1. The van der Waals surface area contributed by atoms with E-state index in [4.69, 9.17) is 0 Å². The van der Waals surface area contributed by atoms with Gasteiger partial charge in [-0.2, -0.15) is 5.10 Å². The smallest absolute Gasteiger partial charge is 0.231 e. The molecule has 5 nitrogen and oxygen atoms in total. The van der Waals surface area contributed by atoms with Crippen LogP contribution in [0, 0.1) is 5.92 Å². The Morgan fingerprint density at radius 1 is 1.33 bits per heavy atom. The Hall–Kier alpha value is -2.17. The molecule has 18 heavy (non-hydrogen) atoms. The zero-order chi connectivity index (χ0) is 13.0. The lowest BCUT2D eigenvalue weighted by Gasteiger charge is -2.24. The van der Waals surface area contributed by atoms with Crippen molar-refractivity contribution in [2.45, 2.75) is 20.5 Å². The highest BCUT2D eigenvalue weighted by molar-refractivity contribution is 5.94. The van der Waals surface area contributed by atoms with E-state index in [9.17, 15) is 4.79 Å². The van der Waals surface area contributed by atoms with Gasteiger partial charge in [-0.05, 0) is 12.1 Å². The van der Waals surface area contributed by atoms with Crippen molar-refractivity contribution in [3.63, 3.8) is 0 Å². The van der Waals surface area contributed by atoms with E-state index in [1.165, 1.54) is 6.33 Å². The predicted octanol–water partition coefficient (Wildman–Crippen LogP) is 1.92. The van der Waals surface area contributed by atoms with Gasteiger partial charge in [-0.1, -0.05) is 32.0 Å². The minimum atomic E-state index is -0.0614. The molecular weight excluding hydrogens is 228 g/mol. The molecule has 0 radical (unpaired) electrons. The topological polar surface area (TPSA) is 51.0 Å². The Balaban J connectivity index is 2.26. The fourth-order valence-electron chi connectivity index (χ4n) is 1.65. The van der Waals surface area contributed by atoms with Gasteiger partial charge in [0.05, 0.1) is 0 Å². The van der Waals surface area contributed by atoms with Crippen LogP contribution in [0.15, 0.2) is 43.0 Å². The fourth-order valence-corrected chi connectivity index (χ4v) is 1.65. The monoisotopic (exact) mass is 244 g/mol. The summed E-state index contributed by atoms with van der Waals surface area (Å²) in [5.74, 6) is 0.00503. The van der Waals surface area contributed by atoms with Crippen LogP contribution < -0.4 is 4.90 Å². The van der Waals surface area contributed by atoms with Gasteiger partial charge in [0, 0.05) is 11.6 Å². The first-order chi connectivity index (χ1) is 8.68. The molecule has 2 aromatic rings. The number of rotatable bonds is 4. The summed E-state index contributed by atoms with van der Waals surface area (Å²) in [5.41, 5.74) is 0.867. The standard InChI is InChI=1S/C13H16N4O/c1-11(2)13(18)17(10-16-9-14-8-15-16)12-6-4-3-5-7-12/h3-9,11H,10H2,1-2H3. The predicted molar refractivity (Wildman–Crippen MR) is 68.8 cm³/mol. The molecule has 94 valence electrons. The molecular formula is C13H16N4O. The third kappa shape index (κ3) is 2.74. The van der Waals surface area contributed by atoms with Crippen LogP contribution in [0.25, 0.3) is 0 Å². The van der Waals surface area contributed by atoms with Crippen LogP contribution in [-0.4, -0.2) is 20.7 Å². The van der Waals surface area contributed by atoms with E-state index in [0.717, 1.165) is 5.69 Å². The van der Waals surface area contributed by atoms with Crippen molar-refractivity contribution in [1.82, 2.24) is 14.8 Å². The van der Waals surface area contributed by atoms with Crippen LogP contribution in [0.1, 0.15) is 13.8 Å². The summed E-state index contributed by atoms with van der Waals surface area (Å²) >= 11 is 0. The molecule has 2 rings (SSSR count). The van der Waals surface area contributed by atoms with Crippen LogP contribution in [0.3, 0.4) is 0 Å². The summed E-state index contributed by atoms with van der Waals surface area (Å²) in [5, 5.41) is 4.03. The number of anilines is 1. The SMILES string of the molecule is CC(C)C(=O)N(Cn1cncn1)c1ccccc1. The quantitative estimate of drug-likeness (QED) is 0.825. The highest BCUT2D eigenvalue weighted by Crippen LogP contribution is 2.16. The van der Waals surface area contributed by atoms with Gasteiger partial charge < -0.3 is 0 Å². The summed E-state index contributed by atoms with van der Waals surface area (Å²) in [6.07, 6.45) is 3.06. The van der Waals surface area contributed by atoms with Gasteiger partial charge in [-0.25, -0.2) is 9.67 Å². The van der Waals surface area contributed by atoms with Crippen molar-refractivity contribution in [3.8, 4) is 0 Å². The molecule has 0 aliphatic rings. The van der Waals surface area contributed by atoms with E-state index in [1.54, 1.807) is 15.9 Å². The first kappa shape index (κ1) is 12.3. The van der Waals surface area contributed by atoms with Crippen molar-refractivity contribution in [1.29, 1.82) is 0 Å². The van der Waals surface area contributed by atoms with Gasteiger partial charge in [0.25, 0.3) is 0 Å². The Bertz CT molecular complexity index is 493. The molecule has 0 saturated carbocycles. The third-order valence-electron chi connectivity index (χ3n) is 2.58. The number of nitrogens with zero attached hydrogens (tertiary/aromatic N) is 4. The zero-order valence-corrected chi connectivity index (χ0v) is 10.5. The Morgan fingerprint density at radius 3 is 2.61 bits per heavy atom. The normalized spacial score (nSPS) is 10.6. The maximum Gasteiger partial charge on any atom is 0.231 e. The Morgan fingerprint density at radius 2 is 2.06 bits per heavy atom. The molecule has 0 fully saturated rings. The molecule has 0 atom stereocenters. The van der Waals surface area contributed by atoms with Gasteiger partial charge in [0.15, 0.2) is 0 Å². The molecule has 0 bridgehead atoms. The lowest BCUT2D eigenvalue weighted by atomic mass is 10.2. The minimum Gasteiger partial charge on any atom is -0.292 e. The van der Waals surface area contributed by atoms with Crippen LogP contribution >= 0.6 is 0 Å². The molecule has 0 N–H and O–H groups in total. The van der Waals surface area contributed by atoms with Crippen LogP contribution in [0.4, 0.5) is 5.69 Å². The number of carbonyl (C=O) groups excluding carboxylic acids is 1. The second-order valence-corrected chi connectivity index (χ2v) is 4.33.